The number of Topliss-reactive ketones (excluding diaryl/α,β-unsaturated/α-hetero) is 1. The van der Waals surface area contributed by atoms with Crippen LogP contribution in [0.1, 0.15) is 49.4 Å². The number of carbonyl (C=O) groups is 1. The van der Waals surface area contributed by atoms with Crippen LogP contribution in [0, 0.1) is 12.3 Å². The van der Waals surface area contributed by atoms with Crippen LogP contribution in [0.15, 0.2) is 84.2 Å². The van der Waals surface area contributed by atoms with E-state index in [-0.39, 0.29) is 29.6 Å². The highest BCUT2D eigenvalue weighted by Crippen LogP contribution is 2.48. The van der Waals surface area contributed by atoms with Crippen molar-refractivity contribution in [3.05, 3.63) is 101 Å². The van der Waals surface area contributed by atoms with Gasteiger partial charge in [0.1, 0.15) is 0 Å². The fourth-order valence-electron chi connectivity index (χ4n) is 5.08. The second kappa shape index (κ2) is 9.03. The van der Waals surface area contributed by atoms with E-state index in [2.05, 4.69) is 85.6 Å². The highest BCUT2D eigenvalue weighted by molar-refractivity contribution is 6.01. The third kappa shape index (κ3) is 4.53. The number of hydrogen-bond acceptors (Lipinski definition) is 4. The fraction of sp³-hybridized carbons (Fsp3) is 0.286. The smallest absolute Gasteiger partial charge is 0.163 e. The normalized spacial score (nSPS) is 19.1. The van der Waals surface area contributed by atoms with Gasteiger partial charge in [0.25, 0.3) is 0 Å². The number of aromatic nitrogens is 1. The number of fused-ring (bicyclic) bond motifs is 1. The Morgan fingerprint density at radius 3 is 2.58 bits per heavy atom. The van der Waals surface area contributed by atoms with Gasteiger partial charge >= 0.3 is 0 Å². The van der Waals surface area contributed by atoms with Crippen molar-refractivity contribution < 1.29 is 17.2 Å². The topological polar surface area (TPSA) is 45.2 Å². The van der Waals surface area contributed by atoms with E-state index in [9.17, 15) is 4.79 Å². The van der Waals surface area contributed by atoms with Crippen molar-refractivity contribution in [2.24, 2.45) is 5.41 Å². The predicted octanol–water partition coefficient (Wildman–Crippen LogP) is 3.21. The van der Waals surface area contributed by atoms with Crippen LogP contribution in [0.2, 0.25) is 0 Å². The van der Waals surface area contributed by atoms with Crippen LogP contribution in [-0.4, -0.2) is 10.8 Å². The molecule has 1 N–H and O–H groups in total. The molecule has 33 heavy (non-hydrogen) atoms. The summed E-state index contributed by atoms with van der Waals surface area (Å²) in [4.78, 5) is 20.7. The highest BCUT2D eigenvalue weighted by atomic mass is 35.5. The number of nitrogens with zero attached hydrogens (tertiary/aromatic N) is 2. The average molecular weight is 459 g/mol. The summed E-state index contributed by atoms with van der Waals surface area (Å²) in [6.07, 6.45) is 3.23. The molecule has 5 rings (SSSR count). The minimum absolute atomic E-state index is 0. The molecule has 1 unspecified atom stereocenters. The number of hydrogen-bond donors (Lipinski definition) is 1. The summed E-state index contributed by atoms with van der Waals surface area (Å²) in [5, 5.41) is 3.63. The molecule has 0 spiro atoms. The zero-order chi connectivity index (χ0) is 22.3. The zero-order valence-electron chi connectivity index (χ0n) is 19.3. The number of halogens is 1. The standard InChI is InChI=1S/C28H29N3O.ClH/c1-19-9-7-10-20(15-19)18-31-26(21-11-5-4-6-12-21)25-23(16-28(2,3)17-24(25)32)30-22-13-8-14-29-27(22)31;/h4-15,26,30H,16-18H2,1-3H3;1H/p-1. The van der Waals surface area contributed by atoms with Gasteiger partial charge in [0, 0.05) is 30.4 Å². The summed E-state index contributed by atoms with van der Waals surface area (Å²) < 4.78 is 0. The molecule has 170 valence electrons. The summed E-state index contributed by atoms with van der Waals surface area (Å²) in [5.74, 6) is 1.10. The van der Waals surface area contributed by atoms with Gasteiger partial charge in [-0.3, -0.25) is 4.79 Å². The Labute approximate surface area is 202 Å². The summed E-state index contributed by atoms with van der Waals surface area (Å²) in [6.45, 7) is 7.13. The number of ketones is 1. The maximum atomic E-state index is 13.6. The minimum atomic E-state index is -0.195. The molecule has 4 nitrogen and oxygen atoms in total. The lowest BCUT2D eigenvalue weighted by atomic mass is 9.73. The van der Waals surface area contributed by atoms with Crippen LogP contribution in [0.4, 0.5) is 11.5 Å². The van der Waals surface area contributed by atoms with E-state index in [1.54, 1.807) is 0 Å². The SMILES string of the molecule is Cc1cccc(CN2c3ncccc3NC3=C(C(=O)CC(C)(C)C3)C2c2ccccc2)c1.[Cl-]. The molecule has 1 aliphatic heterocycles. The molecule has 2 aliphatic rings. The Hall–Kier alpha value is -3.11. The second-order valence-corrected chi connectivity index (χ2v) is 9.76. The third-order valence-corrected chi connectivity index (χ3v) is 6.40. The fourth-order valence-corrected chi connectivity index (χ4v) is 5.08. The van der Waals surface area contributed by atoms with Crippen LogP contribution < -0.4 is 22.6 Å². The van der Waals surface area contributed by atoms with Gasteiger partial charge in [0.2, 0.25) is 0 Å². The molecule has 1 atom stereocenters. The number of pyridine rings is 1. The van der Waals surface area contributed by atoms with Crippen molar-refractivity contribution in [3.63, 3.8) is 0 Å². The van der Waals surface area contributed by atoms with Crippen molar-refractivity contribution in [2.45, 2.75) is 46.2 Å². The zero-order valence-corrected chi connectivity index (χ0v) is 20.1. The van der Waals surface area contributed by atoms with E-state index in [0.717, 1.165) is 34.8 Å². The molecule has 5 heteroatoms. The molecule has 0 amide bonds. The lowest BCUT2D eigenvalue weighted by Gasteiger charge is -2.37. The Kier molecular flexibility index (Phi) is 6.31. The molecule has 0 radical (unpaired) electrons. The molecular formula is C28H29ClN3O-. The van der Waals surface area contributed by atoms with Crippen LogP contribution in [0.5, 0.6) is 0 Å². The van der Waals surface area contributed by atoms with Gasteiger partial charge in [-0.2, -0.15) is 0 Å². The van der Waals surface area contributed by atoms with Gasteiger partial charge < -0.3 is 22.6 Å². The second-order valence-electron chi connectivity index (χ2n) is 9.76. The van der Waals surface area contributed by atoms with E-state index < -0.39 is 0 Å². The van der Waals surface area contributed by atoms with Gasteiger partial charge in [-0.25, -0.2) is 4.98 Å². The Morgan fingerprint density at radius 2 is 1.82 bits per heavy atom. The third-order valence-electron chi connectivity index (χ3n) is 6.40. The first kappa shape index (κ1) is 23.1. The van der Waals surface area contributed by atoms with Crippen LogP contribution in [-0.2, 0) is 11.3 Å². The van der Waals surface area contributed by atoms with Crippen LogP contribution >= 0.6 is 0 Å². The predicted molar refractivity (Wildman–Crippen MR) is 129 cm³/mol. The lowest BCUT2D eigenvalue weighted by molar-refractivity contribution is -0.118. The molecule has 2 aromatic carbocycles. The highest BCUT2D eigenvalue weighted by Gasteiger charge is 2.41. The van der Waals surface area contributed by atoms with Crippen LogP contribution in [0.25, 0.3) is 0 Å². The first-order valence-corrected chi connectivity index (χ1v) is 11.3. The molecule has 1 aliphatic carbocycles. The molecule has 0 fully saturated rings. The number of rotatable bonds is 3. The van der Waals surface area contributed by atoms with Crippen molar-refractivity contribution in [1.82, 2.24) is 4.98 Å². The number of benzene rings is 2. The molecule has 0 saturated heterocycles. The van der Waals surface area contributed by atoms with E-state index in [4.69, 9.17) is 4.98 Å². The van der Waals surface area contributed by atoms with Gasteiger partial charge in [0.05, 0.1) is 11.7 Å². The maximum Gasteiger partial charge on any atom is 0.163 e. The van der Waals surface area contributed by atoms with Gasteiger partial charge in [0.15, 0.2) is 11.6 Å². The molecular weight excluding hydrogens is 430 g/mol. The van der Waals surface area contributed by atoms with Crippen molar-refractivity contribution >= 4 is 17.3 Å². The molecule has 2 heterocycles. The lowest BCUT2D eigenvalue weighted by Crippen LogP contribution is -3.00. The summed E-state index contributed by atoms with van der Waals surface area (Å²) in [7, 11) is 0. The Bertz CT molecular complexity index is 1200. The first-order chi connectivity index (χ1) is 15.4. The van der Waals surface area contributed by atoms with Gasteiger partial charge in [-0.05, 0) is 42.0 Å². The van der Waals surface area contributed by atoms with E-state index in [1.165, 1.54) is 11.1 Å². The average Bonchev–Trinajstić information content (AvgIpc) is 2.88. The number of allylic oxidation sites excluding steroid dienone is 1. The number of anilines is 2. The number of aryl methyl sites for hydroxylation is 1. The van der Waals surface area contributed by atoms with Crippen molar-refractivity contribution in [2.75, 3.05) is 10.2 Å². The molecule has 0 bridgehead atoms. The van der Waals surface area contributed by atoms with Crippen molar-refractivity contribution in [1.29, 1.82) is 0 Å². The molecule has 1 aromatic heterocycles. The summed E-state index contributed by atoms with van der Waals surface area (Å²) >= 11 is 0. The number of nitrogens with one attached hydrogen (secondary N) is 1. The Balaban J connectivity index is 0.00000259. The van der Waals surface area contributed by atoms with Crippen molar-refractivity contribution in [3.8, 4) is 0 Å². The Morgan fingerprint density at radius 1 is 1.03 bits per heavy atom. The van der Waals surface area contributed by atoms with E-state index in [1.807, 2.05) is 18.3 Å². The maximum absolute atomic E-state index is 13.6. The van der Waals surface area contributed by atoms with E-state index >= 15 is 0 Å². The van der Waals surface area contributed by atoms with Gasteiger partial charge in [-0.1, -0.05) is 74.0 Å². The monoisotopic (exact) mass is 458 g/mol. The number of carbonyl (C=O) groups excluding carboxylic acids is 1. The van der Waals surface area contributed by atoms with Crippen LogP contribution in [0.3, 0.4) is 0 Å². The minimum Gasteiger partial charge on any atom is -1.00 e. The molecule has 3 aromatic rings. The quantitative estimate of drug-likeness (QED) is 0.654. The largest absolute Gasteiger partial charge is 1.00 e. The van der Waals surface area contributed by atoms with Gasteiger partial charge in [-0.15, -0.1) is 0 Å². The summed E-state index contributed by atoms with van der Waals surface area (Å²) in [6, 6.07) is 22.8. The first-order valence-electron chi connectivity index (χ1n) is 11.3. The summed E-state index contributed by atoms with van der Waals surface area (Å²) in [5.41, 5.74) is 6.33. The van der Waals surface area contributed by atoms with E-state index in [0.29, 0.717) is 13.0 Å². The molecule has 0 saturated carbocycles.